The molecule has 1 amide bonds. The third-order valence-corrected chi connectivity index (χ3v) is 5.76. The minimum absolute atomic E-state index is 0.0186. The Morgan fingerprint density at radius 2 is 2.04 bits per heavy atom. The highest BCUT2D eigenvalue weighted by atomic mass is 32.2. The molecule has 0 saturated heterocycles. The highest BCUT2D eigenvalue weighted by molar-refractivity contribution is 7.99. The molecule has 1 fully saturated rings. The molecule has 0 spiro atoms. The van der Waals surface area contributed by atoms with Crippen molar-refractivity contribution in [3.63, 3.8) is 0 Å². The van der Waals surface area contributed by atoms with E-state index in [2.05, 4.69) is 10.3 Å². The van der Waals surface area contributed by atoms with Crippen LogP contribution < -0.4 is 10.9 Å². The van der Waals surface area contributed by atoms with Crippen molar-refractivity contribution >= 4 is 28.6 Å². The number of nitrogens with zero attached hydrogens (tertiary/aromatic N) is 2. The van der Waals surface area contributed by atoms with Crippen LogP contribution in [-0.2, 0) is 11.3 Å². The average molecular weight is 345 g/mol. The van der Waals surface area contributed by atoms with Gasteiger partial charge in [-0.3, -0.25) is 14.2 Å². The van der Waals surface area contributed by atoms with Crippen molar-refractivity contribution in [1.29, 1.82) is 0 Å². The van der Waals surface area contributed by atoms with Crippen molar-refractivity contribution in [2.45, 2.75) is 43.9 Å². The van der Waals surface area contributed by atoms with Gasteiger partial charge in [0.2, 0.25) is 5.91 Å². The quantitative estimate of drug-likeness (QED) is 0.818. The number of aromatic nitrogens is 2. The summed E-state index contributed by atoms with van der Waals surface area (Å²) in [6.07, 6.45) is 8.08. The summed E-state index contributed by atoms with van der Waals surface area (Å²) in [6.45, 7) is 0.667. The zero-order valence-corrected chi connectivity index (χ0v) is 14.6. The lowest BCUT2D eigenvalue weighted by Gasteiger charge is -2.20. The molecule has 128 valence electrons. The van der Waals surface area contributed by atoms with Crippen LogP contribution in [0.2, 0.25) is 0 Å². The molecular weight excluding hydrogens is 322 g/mol. The van der Waals surface area contributed by atoms with E-state index < -0.39 is 0 Å². The van der Waals surface area contributed by atoms with Gasteiger partial charge in [0.1, 0.15) is 6.54 Å². The predicted molar refractivity (Wildman–Crippen MR) is 98.3 cm³/mol. The largest absolute Gasteiger partial charge is 0.354 e. The summed E-state index contributed by atoms with van der Waals surface area (Å²) in [4.78, 5) is 28.6. The van der Waals surface area contributed by atoms with Gasteiger partial charge in [-0.1, -0.05) is 31.4 Å². The molecule has 1 aliphatic carbocycles. The van der Waals surface area contributed by atoms with Crippen LogP contribution in [0.25, 0.3) is 10.9 Å². The highest BCUT2D eigenvalue weighted by Crippen LogP contribution is 2.27. The van der Waals surface area contributed by atoms with E-state index in [9.17, 15) is 9.59 Å². The van der Waals surface area contributed by atoms with E-state index in [4.69, 9.17) is 0 Å². The monoisotopic (exact) mass is 345 g/mol. The van der Waals surface area contributed by atoms with Crippen molar-refractivity contribution < 1.29 is 4.79 Å². The molecule has 1 aromatic carbocycles. The summed E-state index contributed by atoms with van der Waals surface area (Å²) in [6, 6.07) is 7.18. The van der Waals surface area contributed by atoms with Crippen molar-refractivity contribution in [2.24, 2.45) is 0 Å². The molecule has 0 radical (unpaired) electrons. The third kappa shape index (κ3) is 4.38. The number of amides is 1. The van der Waals surface area contributed by atoms with E-state index in [1.165, 1.54) is 43.0 Å². The van der Waals surface area contributed by atoms with Gasteiger partial charge in [-0.15, -0.1) is 0 Å². The molecule has 5 nitrogen and oxygen atoms in total. The molecule has 0 bridgehead atoms. The Balaban J connectivity index is 1.48. The molecular formula is C18H23N3O2S. The van der Waals surface area contributed by atoms with E-state index in [0.717, 1.165) is 11.0 Å². The molecule has 1 aliphatic rings. The summed E-state index contributed by atoms with van der Waals surface area (Å²) < 4.78 is 1.37. The number of para-hydroxylation sites is 1. The zero-order valence-electron chi connectivity index (χ0n) is 13.7. The molecule has 1 saturated carbocycles. The topological polar surface area (TPSA) is 64.0 Å². The number of hydrogen-bond acceptors (Lipinski definition) is 4. The maximum Gasteiger partial charge on any atom is 0.261 e. The first kappa shape index (κ1) is 17.0. The molecule has 0 atom stereocenters. The lowest BCUT2D eigenvalue weighted by molar-refractivity contribution is -0.121. The van der Waals surface area contributed by atoms with Gasteiger partial charge in [0.05, 0.1) is 17.2 Å². The van der Waals surface area contributed by atoms with Gasteiger partial charge in [-0.05, 0) is 25.0 Å². The van der Waals surface area contributed by atoms with Crippen molar-refractivity contribution in [3.05, 3.63) is 40.9 Å². The lowest BCUT2D eigenvalue weighted by Crippen LogP contribution is -2.33. The summed E-state index contributed by atoms with van der Waals surface area (Å²) in [7, 11) is 0. The van der Waals surface area contributed by atoms with Crippen molar-refractivity contribution in [1.82, 2.24) is 14.9 Å². The van der Waals surface area contributed by atoms with E-state index in [1.807, 2.05) is 17.8 Å². The second-order valence-electron chi connectivity index (χ2n) is 6.18. The fraction of sp³-hybridized carbons (Fsp3) is 0.500. The number of fused-ring (bicyclic) bond motifs is 1. The minimum Gasteiger partial charge on any atom is -0.354 e. The van der Waals surface area contributed by atoms with Gasteiger partial charge >= 0.3 is 0 Å². The van der Waals surface area contributed by atoms with Crippen LogP contribution in [0.3, 0.4) is 0 Å². The van der Waals surface area contributed by atoms with Crippen molar-refractivity contribution in [3.8, 4) is 0 Å². The predicted octanol–water partition coefficient (Wildman–Crippen LogP) is 2.58. The smallest absolute Gasteiger partial charge is 0.261 e. The molecule has 6 heteroatoms. The van der Waals surface area contributed by atoms with Gasteiger partial charge < -0.3 is 5.32 Å². The number of carbonyl (C=O) groups excluding carboxylic acids is 1. The van der Waals surface area contributed by atoms with Crippen LogP contribution in [0.15, 0.2) is 35.4 Å². The van der Waals surface area contributed by atoms with E-state index in [1.54, 1.807) is 18.2 Å². The van der Waals surface area contributed by atoms with E-state index in [-0.39, 0.29) is 18.0 Å². The molecule has 1 heterocycles. The SMILES string of the molecule is O=C(Cn1cnc2ccccc2c1=O)NCCSC1CCCCC1. The van der Waals surface area contributed by atoms with Crippen LogP contribution in [0, 0.1) is 0 Å². The summed E-state index contributed by atoms with van der Waals surface area (Å²) in [5, 5.41) is 4.19. The van der Waals surface area contributed by atoms with Gasteiger partial charge in [0.25, 0.3) is 5.56 Å². The minimum atomic E-state index is -0.174. The second kappa shape index (κ2) is 8.33. The standard InChI is InChI=1S/C18H23N3O2S/c22-17(19-10-11-24-14-6-2-1-3-7-14)12-21-13-20-16-9-5-4-8-15(16)18(21)23/h4-5,8-9,13-14H,1-3,6-7,10-12H2,(H,19,22). The molecule has 0 aliphatic heterocycles. The van der Waals surface area contributed by atoms with Crippen LogP contribution in [0.1, 0.15) is 32.1 Å². The first-order valence-corrected chi connectivity index (χ1v) is 9.61. The normalized spacial score (nSPS) is 15.5. The number of nitrogens with one attached hydrogen (secondary N) is 1. The number of rotatable bonds is 6. The van der Waals surface area contributed by atoms with Gasteiger partial charge in [0, 0.05) is 17.5 Å². The maximum atomic E-state index is 12.3. The fourth-order valence-electron chi connectivity index (χ4n) is 3.08. The third-order valence-electron chi connectivity index (χ3n) is 4.38. The second-order valence-corrected chi connectivity index (χ2v) is 7.58. The average Bonchev–Trinajstić information content (AvgIpc) is 2.62. The van der Waals surface area contributed by atoms with Gasteiger partial charge in [-0.2, -0.15) is 11.8 Å². The molecule has 24 heavy (non-hydrogen) atoms. The number of benzene rings is 1. The van der Waals surface area contributed by atoms with Crippen molar-refractivity contribution in [2.75, 3.05) is 12.3 Å². The Labute approximate surface area is 145 Å². The molecule has 3 rings (SSSR count). The van der Waals surface area contributed by atoms with E-state index in [0.29, 0.717) is 17.4 Å². The lowest BCUT2D eigenvalue weighted by atomic mass is 10.0. The van der Waals surface area contributed by atoms with Crippen LogP contribution >= 0.6 is 11.8 Å². The Morgan fingerprint density at radius 1 is 1.25 bits per heavy atom. The van der Waals surface area contributed by atoms with Crippen LogP contribution in [0.4, 0.5) is 0 Å². The maximum absolute atomic E-state index is 12.3. The summed E-state index contributed by atoms with van der Waals surface area (Å²) in [5.41, 5.74) is 0.482. The molecule has 1 N–H and O–H groups in total. The first-order chi connectivity index (χ1) is 11.7. The Hall–Kier alpha value is -1.82. The number of carbonyl (C=O) groups is 1. The molecule has 1 aromatic heterocycles. The van der Waals surface area contributed by atoms with Gasteiger partial charge in [0.15, 0.2) is 0 Å². The van der Waals surface area contributed by atoms with Gasteiger partial charge in [-0.25, -0.2) is 4.98 Å². The number of hydrogen-bond donors (Lipinski definition) is 1. The molecule has 2 aromatic rings. The Bertz CT molecular complexity index is 753. The summed E-state index contributed by atoms with van der Waals surface area (Å²) in [5.74, 6) is 0.791. The zero-order chi connectivity index (χ0) is 16.8. The Morgan fingerprint density at radius 3 is 2.88 bits per heavy atom. The highest BCUT2D eigenvalue weighted by Gasteiger charge is 2.13. The van der Waals surface area contributed by atoms with E-state index >= 15 is 0 Å². The summed E-state index contributed by atoms with van der Waals surface area (Å²) >= 11 is 1.96. The first-order valence-electron chi connectivity index (χ1n) is 8.56. The van der Waals surface area contributed by atoms with Crippen LogP contribution in [0.5, 0.6) is 0 Å². The number of thioether (sulfide) groups is 1. The Kier molecular flexibility index (Phi) is 5.91. The fourth-order valence-corrected chi connectivity index (χ4v) is 4.30. The molecule has 0 unspecified atom stereocenters. The van der Waals surface area contributed by atoms with Crippen LogP contribution in [-0.4, -0.2) is 33.0 Å².